The molecule has 3 nitrogen and oxygen atoms in total. The molecule has 1 heterocycles. The number of rotatable bonds is 2. The molecule has 2 aromatic carbocycles. The van der Waals surface area contributed by atoms with E-state index in [-0.39, 0.29) is 17.0 Å². The number of aromatic nitrogens is 1. The maximum absolute atomic E-state index is 14.4. The molecular weight excluding hydrogens is 389 g/mol. The van der Waals surface area contributed by atoms with Crippen LogP contribution in [0.4, 0.5) is 20.2 Å². The van der Waals surface area contributed by atoms with Gasteiger partial charge < -0.3 is 9.84 Å². The summed E-state index contributed by atoms with van der Waals surface area (Å²) in [4.78, 5) is 0. The van der Waals surface area contributed by atoms with E-state index in [1.54, 1.807) is 25.1 Å². The molecule has 0 unspecified atom stereocenters. The maximum atomic E-state index is 14.4. The Hall–Kier alpha value is -1.70. The van der Waals surface area contributed by atoms with Crippen LogP contribution in [-0.4, -0.2) is 5.16 Å². The Labute approximate surface area is 133 Å². The van der Waals surface area contributed by atoms with Gasteiger partial charge in [-0.25, -0.2) is 8.78 Å². The minimum atomic E-state index is -0.575. The van der Waals surface area contributed by atoms with Crippen LogP contribution in [-0.2, 0) is 0 Å². The molecule has 0 saturated heterocycles. The third-order valence-corrected chi connectivity index (χ3v) is 3.93. The van der Waals surface area contributed by atoms with Crippen LogP contribution < -0.4 is 5.32 Å². The van der Waals surface area contributed by atoms with Crippen molar-refractivity contribution >= 4 is 44.9 Å². The summed E-state index contributed by atoms with van der Waals surface area (Å²) in [5.74, 6) is -1.01. The van der Waals surface area contributed by atoms with Gasteiger partial charge in [0.25, 0.3) is 0 Å². The van der Waals surface area contributed by atoms with Gasteiger partial charge in [-0.05, 0) is 66.3 Å². The van der Waals surface area contributed by atoms with Crippen molar-refractivity contribution < 1.29 is 13.3 Å². The van der Waals surface area contributed by atoms with Crippen molar-refractivity contribution in [3.63, 3.8) is 0 Å². The molecular formula is C15H11F2IN2O. The van der Waals surface area contributed by atoms with Crippen molar-refractivity contribution in [2.24, 2.45) is 0 Å². The smallest absolute Gasteiger partial charge is 0.205 e. The molecule has 0 bridgehead atoms. The zero-order chi connectivity index (χ0) is 15.1. The Morgan fingerprint density at radius 3 is 2.62 bits per heavy atom. The van der Waals surface area contributed by atoms with Crippen molar-refractivity contribution in [2.75, 3.05) is 5.32 Å². The van der Waals surface area contributed by atoms with Gasteiger partial charge in [0.2, 0.25) is 5.58 Å². The molecule has 21 heavy (non-hydrogen) atoms. The molecule has 1 aromatic heterocycles. The summed E-state index contributed by atoms with van der Waals surface area (Å²) in [7, 11) is 0. The lowest BCUT2D eigenvalue weighted by molar-refractivity contribution is 0.436. The van der Waals surface area contributed by atoms with E-state index in [1.807, 2.05) is 29.5 Å². The van der Waals surface area contributed by atoms with Gasteiger partial charge in [0, 0.05) is 3.57 Å². The summed E-state index contributed by atoms with van der Waals surface area (Å²) in [6, 6.07) is 6.32. The molecule has 0 aliphatic carbocycles. The van der Waals surface area contributed by atoms with Crippen LogP contribution in [0.15, 0.2) is 28.8 Å². The van der Waals surface area contributed by atoms with Gasteiger partial charge >= 0.3 is 0 Å². The number of halogens is 3. The average Bonchev–Trinajstić information content (AvgIpc) is 2.81. The highest BCUT2D eigenvalue weighted by Gasteiger charge is 2.17. The number of aryl methyl sites for hydroxylation is 2. The SMILES string of the molecule is Cc1cc(Nc2ccc(I)cc2F)c(F)c2onc(C)c12. The van der Waals surface area contributed by atoms with E-state index in [4.69, 9.17) is 4.52 Å². The Morgan fingerprint density at radius 2 is 1.90 bits per heavy atom. The van der Waals surface area contributed by atoms with Gasteiger partial charge in [0.1, 0.15) is 5.82 Å². The Morgan fingerprint density at radius 1 is 1.14 bits per heavy atom. The van der Waals surface area contributed by atoms with E-state index < -0.39 is 11.6 Å². The number of nitrogens with one attached hydrogen (secondary N) is 1. The van der Waals surface area contributed by atoms with Gasteiger partial charge in [-0.3, -0.25) is 0 Å². The van der Waals surface area contributed by atoms with Crippen molar-refractivity contribution in [1.29, 1.82) is 0 Å². The average molecular weight is 400 g/mol. The van der Waals surface area contributed by atoms with Crippen LogP contribution >= 0.6 is 22.6 Å². The Kier molecular flexibility index (Phi) is 3.56. The lowest BCUT2D eigenvalue weighted by Gasteiger charge is -2.10. The van der Waals surface area contributed by atoms with Crippen molar-refractivity contribution in [2.45, 2.75) is 13.8 Å². The second-order valence-electron chi connectivity index (χ2n) is 4.78. The number of anilines is 2. The monoisotopic (exact) mass is 400 g/mol. The highest BCUT2D eigenvalue weighted by Crippen LogP contribution is 2.32. The summed E-state index contributed by atoms with van der Waals surface area (Å²) < 4.78 is 34.1. The fourth-order valence-electron chi connectivity index (χ4n) is 2.29. The van der Waals surface area contributed by atoms with E-state index in [0.717, 1.165) is 9.13 Å². The number of benzene rings is 2. The standard InChI is InChI=1S/C15H11F2IN2O/c1-7-5-12(14(17)15-13(7)8(2)20-21-15)19-11-4-3-9(18)6-10(11)16/h3-6,19H,1-2H3. The van der Waals surface area contributed by atoms with Gasteiger partial charge in [0.15, 0.2) is 5.82 Å². The van der Waals surface area contributed by atoms with Crippen LogP contribution in [0, 0.1) is 29.1 Å². The quantitative estimate of drug-likeness (QED) is 0.611. The second kappa shape index (κ2) is 5.25. The van der Waals surface area contributed by atoms with Crippen LogP contribution in [0.5, 0.6) is 0 Å². The van der Waals surface area contributed by atoms with Crippen LogP contribution in [0.25, 0.3) is 11.0 Å². The van der Waals surface area contributed by atoms with Crippen molar-refractivity contribution in [3.05, 3.63) is 50.7 Å². The van der Waals surface area contributed by atoms with Gasteiger partial charge in [0.05, 0.1) is 22.5 Å². The molecule has 6 heteroatoms. The predicted octanol–water partition coefficient (Wildman–Crippen LogP) is 5.07. The normalized spacial score (nSPS) is 11.1. The topological polar surface area (TPSA) is 38.1 Å². The van der Waals surface area contributed by atoms with E-state index >= 15 is 0 Å². The molecule has 0 saturated carbocycles. The Balaban J connectivity index is 2.11. The summed E-state index contributed by atoms with van der Waals surface area (Å²) in [6.07, 6.45) is 0. The molecule has 0 fully saturated rings. The zero-order valence-corrected chi connectivity index (χ0v) is 13.5. The third kappa shape index (κ3) is 2.48. The molecule has 3 aromatic rings. The lowest BCUT2D eigenvalue weighted by atomic mass is 10.1. The fourth-order valence-corrected chi connectivity index (χ4v) is 2.74. The first-order valence-electron chi connectivity index (χ1n) is 6.24. The number of hydrogen-bond donors (Lipinski definition) is 1. The number of fused-ring (bicyclic) bond motifs is 1. The van der Waals surface area contributed by atoms with Gasteiger partial charge in [-0.1, -0.05) is 5.16 Å². The molecule has 0 aliphatic heterocycles. The van der Waals surface area contributed by atoms with E-state index in [2.05, 4.69) is 10.5 Å². The fraction of sp³-hybridized carbons (Fsp3) is 0.133. The first-order valence-corrected chi connectivity index (χ1v) is 7.32. The molecule has 0 radical (unpaired) electrons. The van der Waals surface area contributed by atoms with Gasteiger partial charge in [-0.2, -0.15) is 0 Å². The summed E-state index contributed by atoms with van der Waals surface area (Å²) in [5.41, 5.74) is 1.91. The minimum Gasteiger partial charge on any atom is -0.353 e. The predicted molar refractivity (Wildman–Crippen MR) is 85.8 cm³/mol. The highest BCUT2D eigenvalue weighted by atomic mass is 127. The maximum Gasteiger partial charge on any atom is 0.205 e. The summed E-state index contributed by atoms with van der Waals surface area (Å²) >= 11 is 2.01. The molecule has 0 amide bonds. The lowest BCUT2D eigenvalue weighted by Crippen LogP contribution is -1.98. The number of nitrogens with zero attached hydrogens (tertiary/aromatic N) is 1. The largest absolute Gasteiger partial charge is 0.353 e. The highest BCUT2D eigenvalue weighted by molar-refractivity contribution is 14.1. The Bertz CT molecular complexity index is 845. The molecule has 3 rings (SSSR count). The minimum absolute atomic E-state index is 0.0842. The third-order valence-electron chi connectivity index (χ3n) is 3.25. The second-order valence-corrected chi connectivity index (χ2v) is 6.02. The summed E-state index contributed by atoms with van der Waals surface area (Å²) in [6.45, 7) is 3.59. The van der Waals surface area contributed by atoms with Crippen LogP contribution in [0.2, 0.25) is 0 Å². The first kappa shape index (κ1) is 14.2. The first-order chi connectivity index (χ1) is 9.97. The summed E-state index contributed by atoms with van der Waals surface area (Å²) in [5, 5.41) is 7.20. The van der Waals surface area contributed by atoms with Crippen LogP contribution in [0.1, 0.15) is 11.3 Å². The zero-order valence-electron chi connectivity index (χ0n) is 11.3. The van der Waals surface area contributed by atoms with Crippen molar-refractivity contribution in [3.8, 4) is 0 Å². The van der Waals surface area contributed by atoms with E-state index in [0.29, 0.717) is 11.1 Å². The van der Waals surface area contributed by atoms with E-state index in [9.17, 15) is 8.78 Å². The molecule has 1 N–H and O–H groups in total. The molecule has 108 valence electrons. The van der Waals surface area contributed by atoms with Crippen molar-refractivity contribution in [1.82, 2.24) is 5.16 Å². The van der Waals surface area contributed by atoms with E-state index in [1.165, 1.54) is 6.07 Å². The van der Waals surface area contributed by atoms with Gasteiger partial charge in [-0.15, -0.1) is 0 Å². The molecule has 0 aliphatic rings. The molecule has 0 atom stereocenters. The molecule has 0 spiro atoms. The van der Waals surface area contributed by atoms with Crippen LogP contribution in [0.3, 0.4) is 0 Å². The number of hydrogen-bond acceptors (Lipinski definition) is 3.